The van der Waals surface area contributed by atoms with E-state index in [0.717, 1.165) is 17.2 Å². The predicted octanol–water partition coefficient (Wildman–Crippen LogP) is 3.08. The first kappa shape index (κ1) is 23.5. The van der Waals surface area contributed by atoms with Gasteiger partial charge in [0.1, 0.15) is 6.61 Å². The van der Waals surface area contributed by atoms with Gasteiger partial charge in [-0.3, -0.25) is 4.79 Å². The topological polar surface area (TPSA) is 114 Å². The molecule has 1 aliphatic carbocycles. The number of hydrogen-bond donors (Lipinski definition) is 3. The van der Waals surface area contributed by atoms with Gasteiger partial charge in [0.2, 0.25) is 5.91 Å². The van der Waals surface area contributed by atoms with Crippen molar-refractivity contribution in [1.29, 1.82) is 0 Å². The first-order valence-corrected chi connectivity index (χ1v) is 11.4. The molecule has 2 aromatic carbocycles. The molecular weight excluding hydrogens is 436 g/mol. The number of carboxylic acids is 1. The molecule has 1 saturated heterocycles. The van der Waals surface area contributed by atoms with Crippen LogP contribution in [0.15, 0.2) is 60.7 Å². The Balaban J connectivity index is 1.31. The van der Waals surface area contributed by atoms with Crippen LogP contribution in [0.5, 0.6) is 0 Å². The lowest BCUT2D eigenvalue weighted by Crippen LogP contribution is -2.47. The van der Waals surface area contributed by atoms with Crippen LogP contribution in [0, 0.1) is 5.92 Å². The third-order valence-corrected chi connectivity index (χ3v) is 6.25. The molecule has 2 aromatic rings. The van der Waals surface area contributed by atoms with Crippen molar-refractivity contribution < 1.29 is 29.0 Å². The molecular formula is C26H28N2O6. The number of amides is 2. The second-order valence-corrected chi connectivity index (χ2v) is 8.45. The molecule has 2 amide bonds. The van der Waals surface area contributed by atoms with Gasteiger partial charge in [0.15, 0.2) is 0 Å². The van der Waals surface area contributed by atoms with Crippen LogP contribution in [0.4, 0.5) is 4.79 Å². The molecule has 1 aliphatic heterocycles. The van der Waals surface area contributed by atoms with Crippen molar-refractivity contribution in [3.8, 4) is 11.1 Å². The smallest absolute Gasteiger partial charge is 0.407 e. The zero-order valence-corrected chi connectivity index (χ0v) is 18.7. The molecule has 1 fully saturated rings. The number of hydrogen-bond acceptors (Lipinski definition) is 5. The van der Waals surface area contributed by atoms with Gasteiger partial charge in [0, 0.05) is 43.5 Å². The molecule has 0 bridgehead atoms. The second-order valence-electron chi connectivity index (χ2n) is 8.45. The lowest BCUT2D eigenvalue weighted by Gasteiger charge is -2.31. The van der Waals surface area contributed by atoms with Crippen LogP contribution < -0.4 is 10.6 Å². The van der Waals surface area contributed by atoms with Crippen LogP contribution in [0.2, 0.25) is 0 Å². The third kappa shape index (κ3) is 5.63. The van der Waals surface area contributed by atoms with Crippen molar-refractivity contribution in [3.05, 3.63) is 71.8 Å². The summed E-state index contributed by atoms with van der Waals surface area (Å²) in [5.74, 6) is -1.52. The zero-order chi connectivity index (χ0) is 23.9. The summed E-state index contributed by atoms with van der Waals surface area (Å²) in [7, 11) is 0. The molecule has 2 aliphatic rings. The Labute approximate surface area is 198 Å². The van der Waals surface area contributed by atoms with E-state index in [1.54, 1.807) is 0 Å². The van der Waals surface area contributed by atoms with Gasteiger partial charge in [0.25, 0.3) is 0 Å². The summed E-state index contributed by atoms with van der Waals surface area (Å²) >= 11 is 0. The van der Waals surface area contributed by atoms with E-state index in [1.807, 2.05) is 24.3 Å². The fourth-order valence-corrected chi connectivity index (χ4v) is 4.62. The number of ether oxygens (including phenoxy) is 2. The molecule has 4 rings (SSSR count). The quantitative estimate of drug-likeness (QED) is 0.518. The first-order chi connectivity index (χ1) is 16.5. The first-order valence-electron chi connectivity index (χ1n) is 11.4. The van der Waals surface area contributed by atoms with Gasteiger partial charge < -0.3 is 25.2 Å². The Morgan fingerprint density at radius 2 is 1.74 bits per heavy atom. The number of rotatable bonds is 8. The lowest BCUT2D eigenvalue weighted by atomic mass is 9.92. The average molecular weight is 465 g/mol. The summed E-state index contributed by atoms with van der Waals surface area (Å²) in [4.78, 5) is 35.4. The number of carbonyl (C=O) groups excluding carboxylic acids is 2. The summed E-state index contributed by atoms with van der Waals surface area (Å²) in [5, 5.41) is 14.2. The fraction of sp³-hybridized carbons (Fsp3) is 0.346. The van der Waals surface area contributed by atoms with Crippen molar-refractivity contribution in [3.63, 3.8) is 0 Å². The highest BCUT2D eigenvalue weighted by Crippen LogP contribution is 2.44. The summed E-state index contributed by atoms with van der Waals surface area (Å²) in [6.45, 7) is 1.20. The number of carbonyl (C=O) groups is 3. The van der Waals surface area contributed by atoms with Crippen molar-refractivity contribution in [2.45, 2.75) is 24.8 Å². The number of fused-ring (bicyclic) bond motifs is 3. The summed E-state index contributed by atoms with van der Waals surface area (Å²) in [6, 6.07) is 16.1. The van der Waals surface area contributed by atoms with Gasteiger partial charge >= 0.3 is 12.1 Å². The highest BCUT2D eigenvalue weighted by atomic mass is 16.5. The van der Waals surface area contributed by atoms with Crippen LogP contribution in [0.25, 0.3) is 11.1 Å². The van der Waals surface area contributed by atoms with Crippen LogP contribution in [0.1, 0.15) is 29.9 Å². The van der Waals surface area contributed by atoms with Gasteiger partial charge in [-0.25, -0.2) is 9.59 Å². The lowest BCUT2D eigenvalue weighted by molar-refractivity contribution is -0.131. The number of carboxylic acid groups (broad SMARTS) is 1. The SMILES string of the molecule is O=C(O)/C=C/CNC(=O)CC1COCCC1NC(=O)OCC1c2ccccc2-c2ccccc21. The van der Waals surface area contributed by atoms with E-state index in [4.69, 9.17) is 14.6 Å². The van der Waals surface area contributed by atoms with E-state index in [2.05, 4.69) is 34.9 Å². The maximum absolute atomic E-state index is 12.7. The maximum atomic E-state index is 12.7. The van der Waals surface area contributed by atoms with Crippen LogP contribution in [0.3, 0.4) is 0 Å². The molecule has 0 aromatic heterocycles. The van der Waals surface area contributed by atoms with Gasteiger partial charge in [-0.2, -0.15) is 0 Å². The van der Waals surface area contributed by atoms with Crippen LogP contribution >= 0.6 is 0 Å². The molecule has 2 atom stereocenters. The Hall–Kier alpha value is -3.65. The normalized spacial score (nSPS) is 19.3. The summed E-state index contributed by atoms with van der Waals surface area (Å²) in [6.07, 6.45) is 2.58. The minimum Gasteiger partial charge on any atom is -0.478 e. The molecule has 8 nitrogen and oxygen atoms in total. The van der Waals surface area contributed by atoms with E-state index in [1.165, 1.54) is 17.2 Å². The van der Waals surface area contributed by atoms with Gasteiger partial charge in [0.05, 0.1) is 6.61 Å². The molecule has 1 heterocycles. The third-order valence-electron chi connectivity index (χ3n) is 6.25. The van der Waals surface area contributed by atoms with Crippen molar-refractivity contribution in [2.24, 2.45) is 5.92 Å². The number of aliphatic carboxylic acids is 1. The number of benzene rings is 2. The molecule has 8 heteroatoms. The van der Waals surface area contributed by atoms with E-state index >= 15 is 0 Å². The highest BCUT2D eigenvalue weighted by Gasteiger charge is 2.31. The Bertz CT molecular complexity index is 1040. The molecule has 0 radical (unpaired) electrons. The van der Waals surface area contributed by atoms with E-state index < -0.39 is 12.1 Å². The molecule has 0 saturated carbocycles. The highest BCUT2D eigenvalue weighted by molar-refractivity contribution is 5.80. The monoisotopic (exact) mass is 464 g/mol. The van der Waals surface area contributed by atoms with Gasteiger partial charge in [-0.1, -0.05) is 54.6 Å². The average Bonchev–Trinajstić information content (AvgIpc) is 3.15. The van der Waals surface area contributed by atoms with Crippen molar-refractivity contribution in [2.75, 3.05) is 26.4 Å². The van der Waals surface area contributed by atoms with E-state index in [9.17, 15) is 14.4 Å². The molecule has 178 valence electrons. The Kier molecular flexibility index (Phi) is 7.59. The number of nitrogens with one attached hydrogen (secondary N) is 2. The van der Waals surface area contributed by atoms with E-state index in [-0.39, 0.29) is 43.4 Å². The van der Waals surface area contributed by atoms with Gasteiger partial charge in [-0.15, -0.1) is 0 Å². The summed E-state index contributed by atoms with van der Waals surface area (Å²) < 4.78 is 11.1. The summed E-state index contributed by atoms with van der Waals surface area (Å²) in [5.41, 5.74) is 4.63. The minimum atomic E-state index is -1.07. The zero-order valence-electron chi connectivity index (χ0n) is 18.7. The van der Waals surface area contributed by atoms with Crippen LogP contribution in [-0.2, 0) is 19.1 Å². The minimum absolute atomic E-state index is 0.0201. The largest absolute Gasteiger partial charge is 0.478 e. The predicted molar refractivity (Wildman–Crippen MR) is 125 cm³/mol. The second kappa shape index (κ2) is 11.0. The fourth-order valence-electron chi connectivity index (χ4n) is 4.62. The van der Waals surface area contributed by atoms with Crippen molar-refractivity contribution >= 4 is 18.0 Å². The Morgan fingerprint density at radius 3 is 2.41 bits per heavy atom. The Morgan fingerprint density at radius 1 is 1.06 bits per heavy atom. The maximum Gasteiger partial charge on any atom is 0.407 e. The standard InChI is InChI=1S/C26H28N2O6/c29-24(27-12-5-10-25(30)31)14-17-15-33-13-11-23(17)28-26(32)34-16-22-20-8-3-1-6-18(20)19-7-2-4-9-21(19)22/h1-10,17,22-23H,11-16H2,(H,27,29)(H,28,32)(H,30,31)/b10-5+. The molecule has 0 spiro atoms. The number of alkyl carbamates (subject to hydrolysis) is 1. The molecule has 2 unspecified atom stereocenters. The molecule has 34 heavy (non-hydrogen) atoms. The molecule has 3 N–H and O–H groups in total. The van der Waals surface area contributed by atoms with Crippen LogP contribution in [-0.4, -0.2) is 55.5 Å². The van der Waals surface area contributed by atoms with E-state index in [0.29, 0.717) is 19.6 Å². The van der Waals surface area contributed by atoms with Crippen molar-refractivity contribution in [1.82, 2.24) is 10.6 Å². The van der Waals surface area contributed by atoms with Gasteiger partial charge in [-0.05, 0) is 28.7 Å².